The van der Waals surface area contributed by atoms with E-state index in [1.807, 2.05) is 24.1 Å². The maximum absolute atomic E-state index is 13.4. The van der Waals surface area contributed by atoms with Crippen molar-refractivity contribution in [2.24, 2.45) is 4.99 Å². The standard InChI is InChI=1S/C40H45N3O12/c1-21-12-31(47)28-13-24-14-33(39(2,9-11-41-3)54-36(24)34(37(28)53-21)43-17-23-8-10-42-29(23)18-43)55-52-20-40(51,38(50)35(49)32(48)19-44)16-22-4-7-30(46)26-6-5-25(45)15-27(22)26/h4-8,10,12-13,15,18,32-33,35,38,41,44-46,48-51H,9,11,14,16-17,19-20H2,1-3H3/t32-,33-,35-,38+,39+,40+/m1/s1. The first-order chi connectivity index (χ1) is 26.2. The number of nitrogens with one attached hydrogen (secondary N) is 1. The molecule has 6 atom stereocenters. The number of aliphatic hydroxyl groups excluding tert-OH is 4. The van der Waals surface area contributed by atoms with Crippen LogP contribution in [0.1, 0.15) is 30.2 Å². The van der Waals surface area contributed by atoms with Crippen LogP contribution < -0.4 is 20.4 Å². The van der Waals surface area contributed by atoms with E-state index in [0.29, 0.717) is 69.6 Å². The summed E-state index contributed by atoms with van der Waals surface area (Å²) in [6, 6.07) is 10.3. The number of aryl methyl sites for hydroxylation is 1. The molecule has 8 N–H and O–H groups in total. The average Bonchev–Trinajstić information content (AvgIpc) is 3.77. The summed E-state index contributed by atoms with van der Waals surface area (Å²) in [5, 5.41) is 78.7. The zero-order chi connectivity index (χ0) is 39.2. The zero-order valence-corrected chi connectivity index (χ0v) is 30.6. The van der Waals surface area contributed by atoms with Crippen LogP contribution in [0.2, 0.25) is 0 Å². The summed E-state index contributed by atoms with van der Waals surface area (Å²) in [5.41, 5.74) is 0.0624. The third kappa shape index (κ3) is 7.21. The molecule has 4 aromatic rings. The van der Waals surface area contributed by atoms with E-state index in [1.54, 1.807) is 26.3 Å². The topological polar surface area (TPSA) is 227 Å². The number of ether oxygens (including phenoxy) is 1. The maximum Gasteiger partial charge on any atom is 0.193 e. The van der Waals surface area contributed by atoms with E-state index < -0.39 is 55.3 Å². The number of phenols is 2. The first kappa shape index (κ1) is 38.4. The van der Waals surface area contributed by atoms with Gasteiger partial charge in [0.1, 0.15) is 65.2 Å². The summed E-state index contributed by atoms with van der Waals surface area (Å²) >= 11 is 0. The Bertz CT molecular complexity index is 2270. The Morgan fingerprint density at radius 2 is 1.91 bits per heavy atom. The van der Waals surface area contributed by atoms with Crippen molar-refractivity contribution in [3.05, 3.63) is 93.1 Å². The van der Waals surface area contributed by atoms with E-state index in [4.69, 9.17) is 18.9 Å². The fraction of sp³-hybridized carbons (Fsp3) is 0.400. The summed E-state index contributed by atoms with van der Waals surface area (Å²) in [7, 11) is 1.80. The molecule has 3 aliphatic heterocycles. The van der Waals surface area contributed by atoms with E-state index in [2.05, 4.69) is 10.3 Å². The molecule has 0 unspecified atom stereocenters. The molecule has 292 valence electrons. The van der Waals surface area contributed by atoms with Crippen molar-refractivity contribution in [2.45, 2.75) is 68.7 Å². The number of aliphatic imine (C=N–C) groups is 1. The first-order valence-electron chi connectivity index (χ1n) is 18.0. The molecule has 0 bridgehead atoms. The van der Waals surface area contributed by atoms with Crippen LogP contribution in [0.15, 0.2) is 80.2 Å². The average molecular weight is 760 g/mol. The second-order valence-electron chi connectivity index (χ2n) is 14.7. The van der Waals surface area contributed by atoms with Crippen molar-refractivity contribution in [3.63, 3.8) is 0 Å². The summed E-state index contributed by atoms with van der Waals surface area (Å²) in [6.07, 6.45) is -0.999. The van der Waals surface area contributed by atoms with Crippen molar-refractivity contribution >= 4 is 33.6 Å². The Kier molecular flexibility index (Phi) is 10.5. The van der Waals surface area contributed by atoms with E-state index in [1.165, 1.54) is 36.4 Å². The van der Waals surface area contributed by atoms with Gasteiger partial charge in [0.25, 0.3) is 0 Å². The lowest BCUT2D eigenvalue weighted by Crippen LogP contribution is -2.58. The fourth-order valence-corrected chi connectivity index (χ4v) is 7.50. The van der Waals surface area contributed by atoms with Crippen molar-refractivity contribution in [1.29, 1.82) is 0 Å². The SMILES string of the molecule is CNCC[C@]1(C)Oc2c(cc3c(=O)cc(C)oc3c2N2C=C3N=CC=C3C2)C[C@H]1OOC[C@@](O)(Cc1ccc(O)c2ccc(O)cc12)[C@@H](O)[C@H](O)[C@H](O)CO. The minimum atomic E-state index is -2.36. The predicted octanol–water partition coefficient (Wildman–Crippen LogP) is 2.01. The molecule has 0 amide bonds. The van der Waals surface area contributed by atoms with Gasteiger partial charge in [0.05, 0.1) is 24.2 Å². The third-order valence-corrected chi connectivity index (χ3v) is 10.7. The molecule has 55 heavy (non-hydrogen) atoms. The molecule has 0 aliphatic carbocycles. The Morgan fingerprint density at radius 3 is 2.65 bits per heavy atom. The monoisotopic (exact) mass is 759 g/mol. The zero-order valence-electron chi connectivity index (χ0n) is 30.6. The number of anilines is 1. The highest BCUT2D eigenvalue weighted by molar-refractivity contribution is 5.96. The van der Waals surface area contributed by atoms with Gasteiger partial charge < -0.3 is 55.1 Å². The van der Waals surface area contributed by atoms with Crippen LogP contribution in [0.3, 0.4) is 0 Å². The number of hydrogen-bond acceptors (Lipinski definition) is 15. The highest BCUT2D eigenvalue weighted by atomic mass is 17.2. The van der Waals surface area contributed by atoms with Crippen LogP contribution in [-0.4, -0.2) is 111 Å². The Morgan fingerprint density at radius 1 is 1.11 bits per heavy atom. The second kappa shape index (κ2) is 15.0. The quantitative estimate of drug-likeness (QED) is 0.0680. The summed E-state index contributed by atoms with van der Waals surface area (Å²) in [4.78, 5) is 31.6. The molecule has 0 saturated carbocycles. The molecule has 15 heteroatoms. The predicted molar refractivity (Wildman–Crippen MR) is 202 cm³/mol. The second-order valence-corrected chi connectivity index (χ2v) is 14.7. The molecule has 0 fully saturated rings. The number of rotatable bonds is 14. The van der Waals surface area contributed by atoms with Gasteiger partial charge in [-0.25, -0.2) is 9.78 Å². The molecular weight excluding hydrogens is 714 g/mol. The molecule has 3 aromatic carbocycles. The van der Waals surface area contributed by atoms with Crippen molar-refractivity contribution in [2.75, 3.05) is 38.3 Å². The van der Waals surface area contributed by atoms with E-state index in [9.17, 15) is 40.5 Å². The number of allylic oxidation sites excluding steroid dienone is 1. The van der Waals surface area contributed by atoms with Gasteiger partial charge in [-0.05, 0) is 74.8 Å². The number of aromatic hydroxyl groups is 2. The lowest BCUT2D eigenvalue weighted by Gasteiger charge is -2.43. The van der Waals surface area contributed by atoms with Gasteiger partial charge >= 0.3 is 0 Å². The fourth-order valence-electron chi connectivity index (χ4n) is 7.50. The van der Waals surface area contributed by atoms with Gasteiger partial charge in [-0.3, -0.25) is 9.79 Å². The smallest absolute Gasteiger partial charge is 0.193 e. The number of nitrogens with zero attached hydrogens (tertiary/aromatic N) is 2. The molecule has 0 radical (unpaired) electrons. The molecule has 0 spiro atoms. The minimum Gasteiger partial charge on any atom is -0.508 e. The largest absolute Gasteiger partial charge is 0.508 e. The molecule has 7 rings (SSSR count). The summed E-state index contributed by atoms with van der Waals surface area (Å²) in [5.74, 6) is 0.734. The normalized spacial score (nSPS) is 21.8. The van der Waals surface area contributed by atoms with Crippen LogP contribution in [0.5, 0.6) is 17.2 Å². The molecule has 3 aliphatic rings. The summed E-state index contributed by atoms with van der Waals surface area (Å²) < 4.78 is 13.1. The van der Waals surface area contributed by atoms with Crippen molar-refractivity contribution in [3.8, 4) is 17.2 Å². The van der Waals surface area contributed by atoms with Gasteiger partial charge in [-0.2, -0.15) is 0 Å². The third-order valence-electron chi connectivity index (χ3n) is 10.7. The van der Waals surface area contributed by atoms with Crippen molar-refractivity contribution in [1.82, 2.24) is 5.32 Å². The van der Waals surface area contributed by atoms with Crippen LogP contribution in [0.25, 0.3) is 21.7 Å². The molecule has 4 heterocycles. The molecule has 1 aromatic heterocycles. The van der Waals surface area contributed by atoms with E-state index in [0.717, 1.165) is 11.3 Å². The Hall–Kier alpha value is -4.84. The van der Waals surface area contributed by atoms with E-state index >= 15 is 0 Å². The molecule has 0 saturated heterocycles. The van der Waals surface area contributed by atoms with Gasteiger partial charge in [-0.1, -0.05) is 6.07 Å². The van der Waals surface area contributed by atoms with Crippen LogP contribution >= 0.6 is 0 Å². The maximum atomic E-state index is 13.4. The Balaban J connectivity index is 1.23. The van der Waals surface area contributed by atoms with Gasteiger partial charge in [0.2, 0.25) is 0 Å². The number of benzene rings is 3. The lowest BCUT2D eigenvalue weighted by atomic mass is 9.84. The van der Waals surface area contributed by atoms with Crippen LogP contribution in [0.4, 0.5) is 5.69 Å². The highest BCUT2D eigenvalue weighted by Gasteiger charge is 2.47. The Labute approximate surface area is 315 Å². The van der Waals surface area contributed by atoms with Gasteiger partial charge in [0.15, 0.2) is 16.8 Å². The van der Waals surface area contributed by atoms with Crippen molar-refractivity contribution < 1.29 is 54.7 Å². The lowest BCUT2D eigenvalue weighted by molar-refractivity contribution is -0.370. The summed E-state index contributed by atoms with van der Waals surface area (Å²) in [6.45, 7) is 2.89. The number of phenolic OH excluding ortho intramolecular Hbond substituents is 2. The first-order valence-corrected chi connectivity index (χ1v) is 18.0. The van der Waals surface area contributed by atoms with Crippen LogP contribution in [-0.2, 0) is 22.6 Å². The highest BCUT2D eigenvalue weighted by Crippen LogP contribution is 2.48. The molecule has 15 nitrogen and oxygen atoms in total. The molecular formula is C40H45N3O12. The van der Waals surface area contributed by atoms with E-state index in [-0.39, 0.29) is 23.3 Å². The van der Waals surface area contributed by atoms with Gasteiger partial charge in [0, 0.05) is 54.3 Å². The van der Waals surface area contributed by atoms with Crippen LogP contribution in [0, 0.1) is 6.92 Å². The number of fused-ring (bicyclic) bond motifs is 4. The minimum absolute atomic E-state index is 0.0877. The number of aliphatic hydroxyl groups is 5. The van der Waals surface area contributed by atoms with Gasteiger partial charge in [-0.15, -0.1) is 0 Å². The number of hydrogen-bond donors (Lipinski definition) is 8.